The van der Waals surface area contributed by atoms with Gasteiger partial charge in [0.1, 0.15) is 5.71 Å². The van der Waals surface area contributed by atoms with Gasteiger partial charge in [-0.05, 0) is 24.3 Å². The molecule has 0 radical (unpaired) electrons. The van der Waals surface area contributed by atoms with Crippen LogP contribution in [0.4, 0.5) is 0 Å². The predicted molar refractivity (Wildman–Crippen MR) is 66.4 cm³/mol. The lowest BCUT2D eigenvalue weighted by Gasteiger charge is -1.97. The highest BCUT2D eigenvalue weighted by atomic mass is 14.8. The lowest BCUT2D eigenvalue weighted by Crippen LogP contribution is -1.95. The van der Waals surface area contributed by atoms with Gasteiger partial charge in [0.15, 0.2) is 0 Å². The van der Waals surface area contributed by atoms with Crippen LogP contribution in [0.2, 0.25) is 0 Å². The molecule has 0 aromatic heterocycles. The second kappa shape index (κ2) is 4.14. The summed E-state index contributed by atoms with van der Waals surface area (Å²) in [6.45, 7) is 0.810. The van der Waals surface area contributed by atoms with Gasteiger partial charge in [0.25, 0.3) is 0 Å². The van der Waals surface area contributed by atoms with Crippen LogP contribution in [0.3, 0.4) is 0 Å². The maximum atomic E-state index is 4.51. The molecule has 2 aliphatic rings. The van der Waals surface area contributed by atoms with E-state index in [1.165, 1.54) is 36.8 Å². The lowest BCUT2D eigenvalue weighted by atomic mass is 10.0. The highest BCUT2D eigenvalue weighted by molar-refractivity contribution is 6.15. The molecule has 1 heteroatoms. The fourth-order valence-corrected chi connectivity index (χ4v) is 2.49. The summed E-state index contributed by atoms with van der Waals surface area (Å²) in [5.41, 5.74) is 3.56. The number of rotatable bonds is 0. The molecule has 1 aromatic carbocycles. The second-order valence-electron chi connectivity index (χ2n) is 4.57. The molecule has 1 aliphatic carbocycles. The average Bonchev–Trinajstić information content (AvgIpc) is 2.96. The summed E-state index contributed by atoms with van der Waals surface area (Å²) in [6.07, 6.45) is 5.26. The van der Waals surface area contributed by atoms with E-state index in [-0.39, 0.29) is 0 Å². The molecule has 1 aliphatic heterocycles. The van der Waals surface area contributed by atoms with Gasteiger partial charge in [-0.3, -0.25) is 4.99 Å². The molecule has 0 bridgehead atoms. The molecule has 0 spiro atoms. The maximum Gasteiger partial charge on any atom is 0.115 e. The molecule has 0 unspecified atom stereocenters. The highest BCUT2D eigenvalue weighted by Gasteiger charge is 2.14. The van der Waals surface area contributed by atoms with Crippen LogP contribution in [0.5, 0.6) is 0 Å². The zero-order valence-electron chi connectivity index (χ0n) is 9.37. The Morgan fingerprint density at radius 3 is 2.81 bits per heavy atom. The number of nitrogens with zero attached hydrogens (tertiary/aromatic N) is 1. The van der Waals surface area contributed by atoms with Gasteiger partial charge >= 0.3 is 0 Å². The number of hydrogen-bond donors (Lipinski definition) is 0. The first-order chi connectivity index (χ1) is 7.93. The Labute approximate surface area is 96.6 Å². The van der Waals surface area contributed by atoms with Crippen LogP contribution in [0.15, 0.2) is 29.3 Å². The molecule has 1 aromatic rings. The van der Waals surface area contributed by atoms with Crippen molar-refractivity contribution in [3.63, 3.8) is 0 Å². The molecule has 16 heavy (non-hydrogen) atoms. The summed E-state index contributed by atoms with van der Waals surface area (Å²) < 4.78 is 0. The van der Waals surface area contributed by atoms with E-state index in [2.05, 4.69) is 41.1 Å². The maximum absolute atomic E-state index is 4.51. The fourth-order valence-electron chi connectivity index (χ4n) is 2.49. The second-order valence-corrected chi connectivity index (χ2v) is 4.57. The minimum absolute atomic E-state index is 0.621. The molecule has 1 fully saturated rings. The summed E-state index contributed by atoms with van der Waals surface area (Å²) in [4.78, 5) is 4.51. The smallest absolute Gasteiger partial charge is 0.115 e. The fraction of sp³-hybridized carbons (Fsp3) is 0.400. The van der Waals surface area contributed by atoms with E-state index in [0.29, 0.717) is 5.92 Å². The Balaban J connectivity index is 1.82. The summed E-state index contributed by atoms with van der Waals surface area (Å²) in [5.74, 6) is 7.28. The topological polar surface area (TPSA) is 12.4 Å². The van der Waals surface area contributed by atoms with Crippen molar-refractivity contribution in [2.24, 2.45) is 10.9 Å². The molecular weight excluding hydrogens is 194 g/mol. The molecule has 1 nitrogen and oxygen atoms in total. The quantitative estimate of drug-likeness (QED) is 0.582. The van der Waals surface area contributed by atoms with Crippen molar-refractivity contribution in [3.8, 4) is 11.8 Å². The molecule has 80 valence electrons. The van der Waals surface area contributed by atoms with Gasteiger partial charge in [0.05, 0.1) is 6.54 Å². The number of fused-ring (bicyclic) bond motifs is 1. The number of benzene rings is 1. The van der Waals surface area contributed by atoms with Gasteiger partial charge in [-0.25, -0.2) is 0 Å². The molecule has 0 saturated heterocycles. The van der Waals surface area contributed by atoms with Gasteiger partial charge in [0, 0.05) is 11.5 Å². The third-order valence-electron chi connectivity index (χ3n) is 3.43. The minimum atomic E-state index is 0.621. The third kappa shape index (κ3) is 1.76. The van der Waals surface area contributed by atoms with Gasteiger partial charge in [-0.15, -0.1) is 0 Å². The summed E-state index contributed by atoms with van der Waals surface area (Å²) >= 11 is 0. The van der Waals surface area contributed by atoms with Crippen molar-refractivity contribution in [2.45, 2.75) is 32.2 Å². The van der Waals surface area contributed by atoms with Gasteiger partial charge in [-0.2, -0.15) is 0 Å². The minimum Gasteiger partial charge on any atom is -0.271 e. The SMILES string of the molecule is C(#CC1CCCC1)C1=NCc2ccccc21. The van der Waals surface area contributed by atoms with E-state index in [9.17, 15) is 0 Å². The van der Waals surface area contributed by atoms with E-state index in [1.54, 1.807) is 0 Å². The summed E-state index contributed by atoms with van der Waals surface area (Å²) in [6, 6.07) is 8.41. The van der Waals surface area contributed by atoms with E-state index in [4.69, 9.17) is 0 Å². The number of hydrogen-bond acceptors (Lipinski definition) is 1. The van der Waals surface area contributed by atoms with Crippen molar-refractivity contribution in [2.75, 3.05) is 0 Å². The molecule has 0 atom stereocenters. The van der Waals surface area contributed by atoms with Gasteiger partial charge < -0.3 is 0 Å². The largest absolute Gasteiger partial charge is 0.271 e. The highest BCUT2D eigenvalue weighted by Crippen LogP contribution is 2.24. The van der Waals surface area contributed by atoms with Crippen molar-refractivity contribution in [1.82, 2.24) is 0 Å². The molecule has 3 rings (SSSR count). The van der Waals surface area contributed by atoms with Gasteiger partial charge in [-0.1, -0.05) is 43.0 Å². The Morgan fingerprint density at radius 1 is 1.12 bits per heavy atom. The molecule has 1 saturated carbocycles. The monoisotopic (exact) mass is 209 g/mol. The number of aliphatic imine (C=N–C) groups is 1. The van der Waals surface area contributed by atoms with Crippen molar-refractivity contribution in [1.29, 1.82) is 0 Å². The zero-order valence-corrected chi connectivity index (χ0v) is 9.37. The third-order valence-corrected chi connectivity index (χ3v) is 3.43. The lowest BCUT2D eigenvalue weighted by molar-refractivity contribution is 0.712. The van der Waals surface area contributed by atoms with E-state index in [1.807, 2.05) is 0 Å². The van der Waals surface area contributed by atoms with Crippen LogP contribution in [-0.2, 0) is 6.54 Å². The van der Waals surface area contributed by atoms with Gasteiger partial charge in [0.2, 0.25) is 0 Å². The normalized spacial score (nSPS) is 18.9. The molecular formula is C15H15N. The summed E-state index contributed by atoms with van der Waals surface area (Å²) in [5, 5.41) is 0. The van der Waals surface area contributed by atoms with Crippen LogP contribution in [0, 0.1) is 17.8 Å². The average molecular weight is 209 g/mol. The van der Waals surface area contributed by atoms with Crippen molar-refractivity contribution >= 4 is 5.71 Å². The summed E-state index contributed by atoms with van der Waals surface area (Å²) in [7, 11) is 0. The molecule has 0 amide bonds. The van der Waals surface area contributed by atoms with E-state index >= 15 is 0 Å². The Hall–Kier alpha value is -1.55. The zero-order chi connectivity index (χ0) is 10.8. The first kappa shape index (κ1) is 9.66. The first-order valence-electron chi connectivity index (χ1n) is 6.08. The first-order valence-corrected chi connectivity index (χ1v) is 6.08. The van der Waals surface area contributed by atoms with Crippen molar-refractivity contribution in [3.05, 3.63) is 35.4 Å². The van der Waals surface area contributed by atoms with Crippen LogP contribution >= 0.6 is 0 Å². The van der Waals surface area contributed by atoms with Crippen molar-refractivity contribution < 1.29 is 0 Å². The molecule has 0 N–H and O–H groups in total. The van der Waals surface area contributed by atoms with E-state index in [0.717, 1.165) is 12.3 Å². The predicted octanol–water partition coefficient (Wildman–Crippen LogP) is 3.18. The molecule has 1 heterocycles. The standard InChI is InChI=1S/C15H15N/c1-2-6-12(5-1)9-10-15-14-8-4-3-7-13(14)11-16-15/h3-4,7-8,12H,1-2,5-6,11H2. The van der Waals surface area contributed by atoms with Crippen LogP contribution in [0.25, 0.3) is 0 Å². The Kier molecular flexibility index (Phi) is 2.50. The van der Waals surface area contributed by atoms with Crippen LogP contribution < -0.4 is 0 Å². The van der Waals surface area contributed by atoms with Crippen LogP contribution in [0.1, 0.15) is 36.8 Å². The Morgan fingerprint density at radius 2 is 1.94 bits per heavy atom. The van der Waals surface area contributed by atoms with E-state index < -0.39 is 0 Å². The van der Waals surface area contributed by atoms with Crippen LogP contribution in [-0.4, -0.2) is 5.71 Å². The Bertz CT molecular complexity index is 482.